The number of amides is 1. The van der Waals surface area contributed by atoms with Gasteiger partial charge < -0.3 is 16.4 Å². The zero-order valence-electron chi connectivity index (χ0n) is 16.3. The monoisotopic (exact) mass is 449 g/mol. The topological polar surface area (TPSA) is 92.9 Å². The summed E-state index contributed by atoms with van der Waals surface area (Å²) < 4.78 is 0. The van der Waals surface area contributed by atoms with Crippen LogP contribution in [0.25, 0.3) is 10.2 Å². The summed E-state index contributed by atoms with van der Waals surface area (Å²) in [6, 6.07) is 3.81. The SMILES string of the molecule is CC(C)NC=O.Nc1cc(Cl)c(Nc2ncnc3sc4c(c23)CCCC4)cc1S. The fraction of sp³-hybridized carbons (Fsp3) is 0.350. The minimum Gasteiger partial charge on any atom is -0.398 e. The summed E-state index contributed by atoms with van der Waals surface area (Å²) in [5.74, 6) is 0.800. The van der Waals surface area contributed by atoms with Gasteiger partial charge in [-0.3, -0.25) is 4.79 Å². The van der Waals surface area contributed by atoms with Crippen LogP contribution in [0.3, 0.4) is 0 Å². The van der Waals surface area contributed by atoms with E-state index < -0.39 is 0 Å². The number of anilines is 3. The summed E-state index contributed by atoms with van der Waals surface area (Å²) in [5.41, 5.74) is 8.53. The van der Waals surface area contributed by atoms with Crippen LogP contribution in [0.4, 0.5) is 17.2 Å². The van der Waals surface area contributed by atoms with Gasteiger partial charge in [-0.15, -0.1) is 24.0 Å². The molecule has 3 aromatic rings. The van der Waals surface area contributed by atoms with Crippen LogP contribution in [0.2, 0.25) is 5.02 Å². The number of fused-ring (bicyclic) bond motifs is 3. The molecule has 2 heterocycles. The summed E-state index contributed by atoms with van der Waals surface area (Å²) >= 11 is 12.4. The second-order valence-electron chi connectivity index (χ2n) is 7.07. The maximum absolute atomic E-state index is 9.50. The molecule has 2 aromatic heterocycles. The van der Waals surface area contributed by atoms with Gasteiger partial charge in [0.2, 0.25) is 6.41 Å². The van der Waals surface area contributed by atoms with Crippen molar-refractivity contribution < 1.29 is 4.79 Å². The van der Waals surface area contributed by atoms with E-state index in [1.54, 1.807) is 23.7 Å². The van der Waals surface area contributed by atoms with Crippen LogP contribution < -0.4 is 16.4 Å². The Morgan fingerprint density at radius 1 is 1.28 bits per heavy atom. The lowest BCUT2D eigenvalue weighted by Crippen LogP contribution is -2.19. The van der Waals surface area contributed by atoms with E-state index in [1.165, 1.54) is 23.3 Å². The molecule has 4 rings (SSSR count). The molecule has 29 heavy (non-hydrogen) atoms. The molecule has 0 spiro atoms. The number of aryl methyl sites for hydroxylation is 2. The number of nitrogens with one attached hydrogen (secondary N) is 2. The fourth-order valence-electron chi connectivity index (χ4n) is 3.12. The van der Waals surface area contributed by atoms with Crippen LogP contribution >= 0.6 is 35.6 Å². The first-order valence-electron chi connectivity index (χ1n) is 9.40. The van der Waals surface area contributed by atoms with Crippen LogP contribution in [-0.2, 0) is 17.6 Å². The molecule has 0 bridgehead atoms. The average Bonchev–Trinajstić information content (AvgIpc) is 3.06. The Bertz CT molecular complexity index is 1020. The van der Waals surface area contributed by atoms with Gasteiger partial charge in [0.1, 0.15) is 17.0 Å². The normalized spacial score (nSPS) is 12.9. The molecule has 0 unspecified atom stereocenters. The number of nitrogens with two attached hydrogens (primary N) is 1. The number of carbonyl (C=O) groups excluding carboxylic acids is 1. The quantitative estimate of drug-likeness (QED) is 0.256. The summed E-state index contributed by atoms with van der Waals surface area (Å²) in [6.07, 6.45) is 6.99. The third-order valence-electron chi connectivity index (χ3n) is 4.52. The number of nitrogen functional groups attached to an aromatic ring is 1. The molecule has 154 valence electrons. The van der Waals surface area contributed by atoms with Crippen molar-refractivity contribution in [1.29, 1.82) is 0 Å². The lowest BCUT2D eigenvalue weighted by Gasteiger charge is -2.13. The van der Waals surface area contributed by atoms with Gasteiger partial charge in [0.05, 0.1) is 16.1 Å². The molecular weight excluding hydrogens is 426 g/mol. The highest BCUT2D eigenvalue weighted by molar-refractivity contribution is 7.80. The Balaban J connectivity index is 0.000000353. The van der Waals surface area contributed by atoms with Crippen LogP contribution in [0, 0.1) is 0 Å². The van der Waals surface area contributed by atoms with Crippen molar-refractivity contribution in [2.75, 3.05) is 11.1 Å². The molecule has 0 aliphatic heterocycles. The zero-order valence-corrected chi connectivity index (χ0v) is 18.8. The number of nitrogens with zero attached hydrogens (tertiary/aromatic N) is 2. The predicted molar refractivity (Wildman–Crippen MR) is 125 cm³/mol. The molecule has 4 N–H and O–H groups in total. The number of hydrogen-bond acceptors (Lipinski definition) is 7. The Labute approximate surface area is 184 Å². The Morgan fingerprint density at radius 3 is 2.72 bits per heavy atom. The van der Waals surface area contributed by atoms with E-state index in [0.29, 0.717) is 22.0 Å². The molecule has 9 heteroatoms. The largest absolute Gasteiger partial charge is 0.398 e. The molecule has 0 fully saturated rings. The number of thiol groups is 1. The summed E-state index contributed by atoms with van der Waals surface area (Å²) in [6.45, 7) is 3.82. The van der Waals surface area contributed by atoms with Gasteiger partial charge in [0.15, 0.2) is 0 Å². The molecule has 6 nitrogen and oxygen atoms in total. The number of halogens is 1. The van der Waals surface area contributed by atoms with Gasteiger partial charge in [-0.25, -0.2) is 9.97 Å². The van der Waals surface area contributed by atoms with Gasteiger partial charge in [0, 0.05) is 21.5 Å². The first-order valence-corrected chi connectivity index (χ1v) is 11.0. The van der Waals surface area contributed by atoms with Crippen LogP contribution in [0.5, 0.6) is 0 Å². The molecule has 1 amide bonds. The van der Waals surface area contributed by atoms with Crippen molar-refractivity contribution >= 4 is 69.4 Å². The molecule has 0 saturated carbocycles. The highest BCUT2D eigenvalue weighted by Gasteiger charge is 2.20. The number of carbonyl (C=O) groups is 1. The second kappa shape index (κ2) is 9.65. The van der Waals surface area contributed by atoms with E-state index in [0.717, 1.165) is 34.6 Å². The Morgan fingerprint density at radius 2 is 2.03 bits per heavy atom. The molecule has 1 aliphatic carbocycles. The van der Waals surface area contributed by atoms with Gasteiger partial charge in [-0.05, 0) is 57.2 Å². The lowest BCUT2D eigenvalue weighted by molar-refractivity contribution is -0.109. The number of hydrogen-bond donors (Lipinski definition) is 4. The number of benzene rings is 1. The van der Waals surface area contributed by atoms with Gasteiger partial charge in [0.25, 0.3) is 0 Å². The summed E-state index contributed by atoms with van der Waals surface area (Å²) in [5, 5.41) is 7.54. The Kier molecular flexibility index (Phi) is 7.21. The van der Waals surface area contributed by atoms with Crippen LogP contribution in [-0.4, -0.2) is 22.4 Å². The molecule has 0 radical (unpaired) electrons. The standard InChI is InChI=1S/C16H15ClN4S2.C4H9NO/c17-9-5-10(18)12(22)6-11(9)21-15-14-8-3-1-2-4-13(8)23-16(14)20-7-19-15;1-4(2)5-3-6/h5-7,22H,1-4,18H2,(H,19,20,21);3-4H,1-2H3,(H,5,6). The average molecular weight is 450 g/mol. The number of thiophene rings is 1. The minimum absolute atomic E-state index is 0.280. The van der Waals surface area contributed by atoms with Crippen molar-refractivity contribution in [3.8, 4) is 0 Å². The molecule has 1 aromatic carbocycles. The minimum atomic E-state index is 0.280. The second-order valence-corrected chi connectivity index (χ2v) is 9.04. The van der Waals surface area contributed by atoms with Crippen molar-refractivity contribution in [3.63, 3.8) is 0 Å². The van der Waals surface area contributed by atoms with Crippen molar-refractivity contribution in [2.45, 2.75) is 50.5 Å². The predicted octanol–water partition coefficient (Wildman–Crippen LogP) is 4.98. The highest BCUT2D eigenvalue weighted by Crippen LogP contribution is 2.40. The lowest BCUT2D eigenvalue weighted by atomic mass is 9.97. The van der Waals surface area contributed by atoms with Crippen LogP contribution in [0.15, 0.2) is 23.4 Å². The van der Waals surface area contributed by atoms with E-state index in [2.05, 4.69) is 33.2 Å². The van der Waals surface area contributed by atoms with Gasteiger partial charge in [-0.1, -0.05) is 11.6 Å². The first-order chi connectivity index (χ1) is 13.9. The zero-order chi connectivity index (χ0) is 21.0. The van der Waals surface area contributed by atoms with Gasteiger partial charge in [-0.2, -0.15) is 0 Å². The fourth-order valence-corrected chi connectivity index (χ4v) is 4.76. The summed E-state index contributed by atoms with van der Waals surface area (Å²) in [7, 11) is 0. The van der Waals surface area contributed by atoms with Crippen molar-refractivity contribution in [3.05, 3.63) is 33.9 Å². The number of aromatic nitrogens is 2. The highest BCUT2D eigenvalue weighted by atomic mass is 35.5. The molecule has 1 aliphatic rings. The Hall–Kier alpha value is -2.03. The van der Waals surface area contributed by atoms with E-state index in [4.69, 9.17) is 17.3 Å². The van der Waals surface area contributed by atoms with E-state index in [1.807, 2.05) is 19.9 Å². The molecule has 0 atom stereocenters. The number of rotatable bonds is 4. The first kappa shape index (κ1) is 21.7. The maximum Gasteiger partial charge on any atom is 0.207 e. The van der Waals surface area contributed by atoms with Gasteiger partial charge >= 0.3 is 0 Å². The van der Waals surface area contributed by atoms with E-state index in [9.17, 15) is 4.79 Å². The maximum atomic E-state index is 9.50. The van der Waals surface area contributed by atoms with E-state index in [-0.39, 0.29) is 6.04 Å². The molecular formula is C20H24ClN5OS2. The smallest absolute Gasteiger partial charge is 0.207 e. The van der Waals surface area contributed by atoms with Crippen molar-refractivity contribution in [2.24, 2.45) is 0 Å². The summed E-state index contributed by atoms with van der Waals surface area (Å²) in [4.78, 5) is 21.6. The van der Waals surface area contributed by atoms with E-state index >= 15 is 0 Å². The van der Waals surface area contributed by atoms with Crippen molar-refractivity contribution in [1.82, 2.24) is 15.3 Å². The third-order valence-corrected chi connectivity index (χ3v) is 6.42. The molecule has 0 saturated heterocycles. The third kappa shape index (κ3) is 5.12. The van der Waals surface area contributed by atoms with Crippen LogP contribution in [0.1, 0.15) is 37.1 Å².